The minimum atomic E-state index is -0.895. The first-order valence-electron chi connectivity index (χ1n) is 5.09. The number of likely N-dealkylation sites (N-methyl/N-ethyl adjacent to an activating group) is 1. The lowest BCUT2D eigenvalue weighted by Gasteiger charge is -2.11. The predicted molar refractivity (Wildman–Crippen MR) is 61.7 cm³/mol. The van der Waals surface area contributed by atoms with Gasteiger partial charge in [-0.15, -0.1) is 0 Å². The van der Waals surface area contributed by atoms with Gasteiger partial charge in [-0.2, -0.15) is 0 Å². The number of hydrogen-bond acceptors (Lipinski definition) is 3. The fourth-order valence-corrected chi connectivity index (χ4v) is 1.26. The topological polar surface area (TPSA) is 58.4 Å². The summed E-state index contributed by atoms with van der Waals surface area (Å²) in [6.07, 6.45) is 0. The van der Waals surface area contributed by atoms with E-state index in [4.69, 9.17) is 5.73 Å². The van der Waals surface area contributed by atoms with Gasteiger partial charge in [0.15, 0.2) is 5.82 Å². The maximum Gasteiger partial charge on any atom is 0.254 e. The highest BCUT2D eigenvalue weighted by molar-refractivity contribution is 5.95. The van der Waals surface area contributed by atoms with Crippen LogP contribution in [0.4, 0.5) is 14.5 Å². The minimum absolute atomic E-state index is 0.349. The molecule has 0 aliphatic carbocycles. The van der Waals surface area contributed by atoms with Crippen LogP contribution in [-0.4, -0.2) is 38.0 Å². The van der Waals surface area contributed by atoms with E-state index in [1.807, 2.05) is 19.0 Å². The Morgan fingerprint density at radius 2 is 2.06 bits per heavy atom. The van der Waals surface area contributed by atoms with Crippen LogP contribution in [0, 0.1) is 11.6 Å². The van der Waals surface area contributed by atoms with Crippen molar-refractivity contribution in [2.45, 2.75) is 0 Å². The lowest BCUT2D eigenvalue weighted by atomic mass is 10.1. The molecule has 4 nitrogen and oxygen atoms in total. The molecule has 1 amide bonds. The minimum Gasteiger partial charge on any atom is -0.396 e. The molecule has 0 aromatic heterocycles. The monoisotopic (exact) mass is 243 g/mol. The lowest BCUT2D eigenvalue weighted by Crippen LogP contribution is -2.32. The largest absolute Gasteiger partial charge is 0.396 e. The molecular formula is C11H15F2N3O. The van der Waals surface area contributed by atoms with Crippen LogP contribution in [-0.2, 0) is 0 Å². The molecule has 0 unspecified atom stereocenters. The van der Waals surface area contributed by atoms with Gasteiger partial charge >= 0.3 is 0 Å². The van der Waals surface area contributed by atoms with E-state index in [0.717, 1.165) is 12.1 Å². The first-order valence-corrected chi connectivity index (χ1v) is 5.09. The molecule has 0 spiro atoms. The van der Waals surface area contributed by atoms with E-state index in [9.17, 15) is 13.6 Å². The second kappa shape index (κ2) is 5.58. The van der Waals surface area contributed by atoms with Crippen molar-refractivity contribution in [1.82, 2.24) is 10.2 Å². The number of halogens is 2. The summed E-state index contributed by atoms with van der Waals surface area (Å²) in [7, 11) is 3.68. The van der Waals surface area contributed by atoms with E-state index in [2.05, 4.69) is 5.32 Å². The van der Waals surface area contributed by atoms with Crippen molar-refractivity contribution < 1.29 is 13.6 Å². The van der Waals surface area contributed by atoms with Gasteiger partial charge in [-0.3, -0.25) is 4.79 Å². The Kier molecular flexibility index (Phi) is 4.39. The molecule has 1 rings (SSSR count). The number of rotatable bonds is 4. The molecule has 0 heterocycles. The summed E-state index contributed by atoms with van der Waals surface area (Å²) in [5, 5.41) is 2.48. The zero-order chi connectivity index (χ0) is 13.0. The maximum absolute atomic E-state index is 13.5. The second-order valence-electron chi connectivity index (χ2n) is 3.92. The Morgan fingerprint density at radius 1 is 1.41 bits per heavy atom. The molecule has 1 aromatic rings. The fraction of sp³-hybridized carbons (Fsp3) is 0.364. The molecular weight excluding hydrogens is 228 g/mol. The Balaban J connectivity index is 2.75. The van der Waals surface area contributed by atoms with E-state index in [1.165, 1.54) is 0 Å². The van der Waals surface area contributed by atoms with Crippen molar-refractivity contribution in [3.63, 3.8) is 0 Å². The standard InChI is InChI=1S/C11H15F2N3O/c1-16(2)4-3-15-11(17)8-5-7(12)6-9(14)10(8)13/h5-6H,3-4,14H2,1-2H3,(H,15,17). The third-order valence-corrected chi connectivity index (χ3v) is 2.15. The van der Waals surface area contributed by atoms with Gasteiger partial charge in [0.2, 0.25) is 0 Å². The molecule has 1 aromatic carbocycles. The number of nitrogens with zero attached hydrogens (tertiary/aromatic N) is 1. The van der Waals surface area contributed by atoms with Crippen molar-refractivity contribution in [2.24, 2.45) is 0 Å². The third-order valence-electron chi connectivity index (χ3n) is 2.15. The molecule has 6 heteroatoms. The summed E-state index contributed by atoms with van der Waals surface area (Å²) in [6, 6.07) is 1.67. The highest BCUT2D eigenvalue weighted by Crippen LogP contribution is 2.17. The first kappa shape index (κ1) is 13.4. The number of hydrogen-bond donors (Lipinski definition) is 2. The van der Waals surface area contributed by atoms with Gasteiger partial charge in [-0.05, 0) is 26.2 Å². The lowest BCUT2D eigenvalue weighted by molar-refractivity contribution is 0.0946. The highest BCUT2D eigenvalue weighted by atomic mass is 19.1. The molecule has 3 N–H and O–H groups in total. The number of carbonyl (C=O) groups excluding carboxylic acids is 1. The summed E-state index contributed by atoms with van der Waals surface area (Å²) in [4.78, 5) is 13.4. The van der Waals surface area contributed by atoms with Crippen LogP contribution in [0.5, 0.6) is 0 Å². The number of anilines is 1. The first-order chi connectivity index (χ1) is 7.91. The number of nitrogens with two attached hydrogens (primary N) is 1. The molecule has 0 radical (unpaired) electrons. The Bertz CT molecular complexity index is 421. The van der Waals surface area contributed by atoms with Gasteiger partial charge in [0.25, 0.3) is 5.91 Å². The fourth-order valence-electron chi connectivity index (χ4n) is 1.26. The van der Waals surface area contributed by atoms with Gasteiger partial charge in [0.05, 0.1) is 11.3 Å². The second-order valence-corrected chi connectivity index (χ2v) is 3.92. The van der Waals surface area contributed by atoms with E-state index in [-0.39, 0.29) is 11.3 Å². The zero-order valence-electron chi connectivity index (χ0n) is 9.76. The summed E-state index contributed by atoms with van der Waals surface area (Å²) in [6.45, 7) is 0.958. The molecule has 17 heavy (non-hydrogen) atoms. The van der Waals surface area contributed by atoms with Crippen LogP contribution >= 0.6 is 0 Å². The Morgan fingerprint density at radius 3 is 2.65 bits per heavy atom. The smallest absolute Gasteiger partial charge is 0.254 e. The van der Waals surface area contributed by atoms with E-state index in [1.54, 1.807) is 0 Å². The van der Waals surface area contributed by atoms with Crippen LogP contribution in [0.3, 0.4) is 0 Å². The van der Waals surface area contributed by atoms with Gasteiger partial charge in [-0.1, -0.05) is 0 Å². The van der Waals surface area contributed by atoms with E-state index in [0.29, 0.717) is 13.1 Å². The van der Waals surface area contributed by atoms with Crippen molar-refractivity contribution in [1.29, 1.82) is 0 Å². The number of carbonyl (C=O) groups is 1. The molecule has 0 fully saturated rings. The van der Waals surface area contributed by atoms with E-state index >= 15 is 0 Å². The van der Waals surface area contributed by atoms with Gasteiger partial charge in [-0.25, -0.2) is 8.78 Å². The number of nitrogen functional groups attached to an aromatic ring is 1. The summed E-state index contributed by atoms with van der Waals surface area (Å²) >= 11 is 0. The maximum atomic E-state index is 13.5. The summed E-state index contributed by atoms with van der Waals surface area (Å²) < 4.78 is 26.4. The molecule has 0 saturated carbocycles. The van der Waals surface area contributed by atoms with Crippen LogP contribution < -0.4 is 11.1 Å². The van der Waals surface area contributed by atoms with Gasteiger partial charge in [0.1, 0.15) is 5.82 Å². The normalized spacial score (nSPS) is 10.6. The third kappa shape index (κ3) is 3.67. The summed E-state index contributed by atoms with van der Waals surface area (Å²) in [5.41, 5.74) is 4.49. The number of benzene rings is 1. The van der Waals surface area contributed by atoms with Crippen LogP contribution in [0.25, 0.3) is 0 Å². The Hall–Kier alpha value is -1.69. The highest BCUT2D eigenvalue weighted by Gasteiger charge is 2.15. The Labute approximate surface area is 98.4 Å². The SMILES string of the molecule is CN(C)CCNC(=O)c1cc(F)cc(N)c1F. The molecule has 0 atom stereocenters. The van der Waals surface area contributed by atoms with Crippen LogP contribution in [0.15, 0.2) is 12.1 Å². The van der Waals surface area contributed by atoms with Gasteiger partial charge < -0.3 is 16.0 Å². The zero-order valence-corrected chi connectivity index (χ0v) is 9.76. The quantitative estimate of drug-likeness (QED) is 0.770. The predicted octanol–water partition coefficient (Wildman–Crippen LogP) is 0.838. The number of amides is 1. The molecule has 0 saturated heterocycles. The van der Waals surface area contributed by atoms with Crippen LogP contribution in [0.1, 0.15) is 10.4 Å². The van der Waals surface area contributed by atoms with Crippen molar-refractivity contribution in [2.75, 3.05) is 32.9 Å². The molecule has 94 valence electrons. The number of nitrogens with one attached hydrogen (secondary N) is 1. The van der Waals surface area contributed by atoms with E-state index < -0.39 is 17.5 Å². The van der Waals surface area contributed by atoms with Crippen molar-refractivity contribution >= 4 is 11.6 Å². The van der Waals surface area contributed by atoms with Crippen molar-refractivity contribution in [3.8, 4) is 0 Å². The molecule has 0 aliphatic heterocycles. The molecule has 0 aliphatic rings. The van der Waals surface area contributed by atoms with Crippen molar-refractivity contribution in [3.05, 3.63) is 29.3 Å². The summed E-state index contributed by atoms with van der Waals surface area (Å²) in [5.74, 6) is -2.30. The molecule has 0 bridgehead atoms. The van der Waals surface area contributed by atoms with Crippen LogP contribution in [0.2, 0.25) is 0 Å². The average molecular weight is 243 g/mol. The average Bonchev–Trinajstić information content (AvgIpc) is 2.22. The van der Waals surface area contributed by atoms with Gasteiger partial charge in [0, 0.05) is 13.1 Å².